The van der Waals surface area contributed by atoms with E-state index in [1.54, 1.807) is 13.0 Å². The zero-order chi connectivity index (χ0) is 15.1. The first-order chi connectivity index (χ1) is 9.43. The molecule has 0 atom stereocenters. The number of carboxylic acids is 1. The maximum atomic E-state index is 11.7. The highest BCUT2D eigenvalue weighted by Crippen LogP contribution is 2.16. The fourth-order valence-electron chi connectivity index (χ4n) is 1.64. The summed E-state index contributed by atoms with van der Waals surface area (Å²) in [4.78, 5) is 24.4. The number of hydrogen-bond donors (Lipinski definition) is 1. The van der Waals surface area contributed by atoms with Gasteiger partial charge in [-0.1, -0.05) is 12.1 Å². The molecule has 1 rings (SSSR count). The van der Waals surface area contributed by atoms with E-state index in [1.165, 1.54) is 0 Å². The van der Waals surface area contributed by atoms with Crippen molar-refractivity contribution in [3.63, 3.8) is 0 Å². The molecular formula is C15H19NO4. The minimum atomic E-state index is -1.06. The van der Waals surface area contributed by atoms with Gasteiger partial charge < -0.3 is 14.7 Å². The monoisotopic (exact) mass is 277 g/mol. The van der Waals surface area contributed by atoms with Gasteiger partial charge in [-0.05, 0) is 30.7 Å². The summed E-state index contributed by atoms with van der Waals surface area (Å²) in [5, 5.41) is 8.84. The van der Waals surface area contributed by atoms with Crippen molar-refractivity contribution in [1.29, 1.82) is 0 Å². The fourth-order valence-corrected chi connectivity index (χ4v) is 1.64. The Morgan fingerprint density at radius 2 is 1.85 bits per heavy atom. The van der Waals surface area contributed by atoms with Crippen LogP contribution in [-0.4, -0.2) is 37.7 Å². The van der Waals surface area contributed by atoms with Crippen LogP contribution in [0.4, 0.5) is 5.69 Å². The van der Waals surface area contributed by atoms with E-state index in [0.717, 1.165) is 11.3 Å². The minimum Gasteiger partial charge on any atom is -0.481 e. The van der Waals surface area contributed by atoms with E-state index in [9.17, 15) is 9.59 Å². The molecule has 0 aliphatic rings. The second kappa shape index (κ2) is 7.33. The third kappa shape index (κ3) is 4.76. The number of esters is 1. The van der Waals surface area contributed by atoms with Crippen LogP contribution in [0.25, 0.3) is 6.08 Å². The Morgan fingerprint density at radius 1 is 1.25 bits per heavy atom. The highest BCUT2D eigenvalue weighted by molar-refractivity contribution is 5.98. The maximum Gasteiger partial charge on any atom is 0.334 e. The van der Waals surface area contributed by atoms with Crippen molar-refractivity contribution in [3.8, 4) is 0 Å². The van der Waals surface area contributed by atoms with E-state index in [1.807, 2.05) is 43.3 Å². The summed E-state index contributed by atoms with van der Waals surface area (Å²) in [6.07, 6.45) is 1.19. The van der Waals surface area contributed by atoms with Gasteiger partial charge in [-0.2, -0.15) is 0 Å². The molecule has 5 heteroatoms. The van der Waals surface area contributed by atoms with Crippen molar-refractivity contribution in [2.45, 2.75) is 13.3 Å². The molecule has 1 N–H and O–H groups in total. The zero-order valence-corrected chi connectivity index (χ0v) is 11.9. The summed E-state index contributed by atoms with van der Waals surface area (Å²) < 4.78 is 4.86. The van der Waals surface area contributed by atoms with Gasteiger partial charge in [0, 0.05) is 25.4 Å². The molecule has 0 aliphatic heterocycles. The molecule has 0 saturated heterocycles. The van der Waals surface area contributed by atoms with E-state index in [-0.39, 0.29) is 18.6 Å². The smallest absolute Gasteiger partial charge is 0.334 e. The molecule has 0 heterocycles. The third-order valence-corrected chi connectivity index (χ3v) is 2.63. The predicted octanol–water partition coefficient (Wildman–Crippen LogP) is 2.17. The topological polar surface area (TPSA) is 66.8 Å². The molecule has 1 aromatic rings. The first-order valence-corrected chi connectivity index (χ1v) is 6.31. The molecule has 108 valence electrons. The lowest BCUT2D eigenvalue weighted by Crippen LogP contribution is -2.11. The summed E-state index contributed by atoms with van der Waals surface area (Å²) >= 11 is 0. The molecule has 0 unspecified atom stereocenters. The molecular weight excluding hydrogens is 258 g/mol. The summed E-state index contributed by atoms with van der Waals surface area (Å²) in [5.41, 5.74) is 1.93. The van der Waals surface area contributed by atoms with E-state index >= 15 is 0 Å². The van der Waals surface area contributed by atoms with Gasteiger partial charge in [0.1, 0.15) is 0 Å². The van der Waals surface area contributed by atoms with Crippen LogP contribution in [0.15, 0.2) is 29.8 Å². The largest absolute Gasteiger partial charge is 0.481 e. The number of ether oxygens (including phenoxy) is 1. The van der Waals surface area contributed by atoms with Crippen LogP contribution < -0.4 is 4.90 Å². The summed E-state index contributed by atoms with van der Waals surface area (Å²) in [7, 11) is 3.86. The van der Waals surface area contributed by atoms with Gasteiger partial charge in [0.05, 0.1) is 13.0 Å². The average molecular weight is 277 g/mol. The van der Waals surface area contributed by atoms with Crippen molar-refractivity contribution in [1.82, 2.24) is 0 Å². The normalized spacial score (nSPS) is 11.1. The fraction of sp³-hybridized carbons (Fsp3) is 0.333. The number of carboxylic acid groups (broad SMARTS) is 1. The van der Waals surface area contributed by atoms with Crippen LogP contribution in [-0.2, 0) is 14.3 Å². The molecule has 0 amide bonds. The molecule has 0 aliphatic carbocycles. The second-order valence-corrected chi connectivity index (χ2v) is 4.45. The molecule has 0 radical (unpaired) electrons. The maximum absolute atomic E-state index is 11.7. The third-order valence-electron chi connectivity index (χ3n) is 2.63. The summed E-state index contributed by atoms with van der Waals surface area (Å²) in [6.45, 7) is 1.90. The zero-order valence-electron chi connectivity index (χ0n) is 11.9. The number of hydrogen-bond acceptors (Lipinski definition) is 4. The lowest BCUT2D eigenvalue weighted by Gasteiger charge is -2.12. The van der Waals surface area contributed by atoms with Gasteiger partial charge in [-0.25, -0.2) is 4.79 Å². The van der Waals surface area contributed by atoms with Crippen LogP contribution in [0.2, 0.25) is 0 Å². The van der Waals surface area contributed by atoms with Crippen LogP contribution in [0.1, 0.15) is 18.9 Å². The van der Waals surface area contributed by atoms with Gasteiger partial charge >= 0.3 is 11.9 Å². The molecule has 0 bridgehead atoms. The van der Waals surface area contributed by atoms with Gasteiger partial charge in [0.15, 0.2) is 0 Å². The average Bonchev–Trinajstić information content (AvgIpc) is 2.38. The second-order valence-electron chi connectivity index (χ2n) is 4.45. The van der Waals surface area contributed by atoms with Crippen molar-refractivity contribution < 1.29 is 19.4 Å². The van der Waals surface area contributed by atoms with Gasteiger partial charge in [0.25, 0.3) is 0 Å². The molecule has 5 nitrogen and oxygen atoms in total. The van der Waals surface area contributed by atoms with Gasteiger partial charge in [0.2, 0.25) is 0 Å². The Labute approximate surface area is 118 Å². The van der Waals surface area contributed by atoms with E-state index in [2.05, 4.69) is 0 Å². The number of aliphatic carboxylic acids is 1. The first-order valence-electron chi connectivity index (χ1n) is 6.31. The first kappa shape index (κ1) is 15.8. The van der Waals surface area contributed by atoms with E-state index in [0.29, 0.717) is 0 Å². The minimum absolute atomic E-state index is 0.136. The number of carbonyl (C=O) groups excluding carboxylic acids is 1. The number of benzene rings is 1. The van der Waals surface area contributed by atoms with Crippen LogP contribution in [0.3, 0.4) is 0 Å². The Balaban J connectivity index is 2.99. The Bertz CT molecular complexity index is 503. The number of anilines is 1. The molecule has 20 heavy (non-hydrogen) atoms. The lowest BCUT2D eigenvalue weighted by molar-refractivity contribution is -0.142. The number of nitrogens with zero attached hydrogens (tertiary/aromatic N) is 1. The molecule has 1 aromatic carbocycles. The van der Waals surface area contributed by atoms with Crippen molar-refractivity contribution >= 4 is 23.7 Å². The van der Waals surface area contributed by atoms with Crippen LogP contribution >= 0.6 is 0 Å². The number of carbonyl (C=O) groups is 2. The Hall–Kier alpha value is -2.30. The molecule has 0 aromatic heterocycles. The van der Waals surface area contributed by atoms with Crippen molar-refractivity contribution in [2.24, 2.45) is 0 Å². The number of rotatable bonds is 6. The van der Waals surface area contributed by atoms with Crippen LogP contribution in [0.5, 0.6) is 0 Å². The predicted molar refractivity (Wildman–Crippen MR) is 77.6 cm³/mol. The van der Waals surface area contributed by atoms with E-state index < -0.39 is 11.9 Å². The van der Waals surface area contributed by atoms with Crippen molar-refractivity contribution in [3.05, 3.63) is 35.4 Å². The highest BCUT2D eigenvalue weighted by atomic mass is 16.5. The Morgan fingerprint density at radius 3 is 2.30 bits per heavy atom. The van der Waals surface area contributed by atoms with E-state index in [4.69, 9.17) is 9.84 Å². The summed E-state index contributed by atoms with van der Waals surface area (Å²) in [6, 6.07) is 7.46. The van der Waals surface area contributed by atoms with Crippen LogP contribution in [0, 0.1) is 0 Å². The molecule has 0 spiro atoms. The summed E-state index contributed by atoms with van der Waals surface area (Å²) in [5.74, 6) is -1.65. The van der Waals surface area contributed by atoms with Crippen molar-refractivity contribution in [2.75, 3.05) is 25.6 Å². The SMILES string of the molecule is CCOC(=O)C(=Cc1ccc(N(C)C)cc1)CC(=O)O. The Kier molecular flexibility index (Phi) is 5.77. The molecule has 0 saturated carbocycles. The standard InChI is InChI=1S/C15H19NO4/c1-4-20-15(19)12(10-14(17)18)9-11-5-7-13(8-6-11)16(2)3/h5-9H,4,10H2,1-3H3,(H,17,18). The lowest BCUT2D eigenvalue weighted by atomic mass is 10.1. The highest BCUT2D eigenvalue weighted by Gasteiger charge is 2.14. The molecule has 0 fully saturated rings. The van der Waals surface area contributed by atoms with Gasteiger partial charge in [-0.15, -0.1) is 0 Å². The quantitative estimate of drug-likeness (QED) is 0.637. The van der Waals surface area contributed by atoms with Gasteiger partial charge in [-0.3, -0.25) is 4.79 Å².